The lowest BCUT2D eigenvalue weighted by molar-refractivity contribution is -0.119. The molecule has 1 saturated carbocycles. The molecule has 33 heavy (non-hydrogen) atoms. The predicted octanol–water partition coefficient (Wildman–Crippen LogP) is 5.38. The summed E-state index contributed by atoms with van der Waals surface area (Å²) in [6, 6.07) is 12.3. The Bertz CT molecular complexity index is 1030. The number of benzene rings is 2. The van der Waals surface area contributed by atoms with Gasteiger partial charge in [-0.25, -0.2) is 8.42 Å². The van der Waals surface area contributed by atoms with Gasteiger partial charge in [0.05, 0.1) is 10.6 Å². The van der Waals surface area contributed by atoms with E-state index in [2.05, 4.69) is 5.32 Å². The fourth-order valence-electron chi connectivity index (χ4n) is 4.19. The normalized spacial score (nSPS) is 14.8. The van der Waals surface area contributed by atoms with Gasteiger partial charge in [0.15, 0.2) is 0 Å². The maximum atomic E-state index is 13.5. The molecular weight excluding hydrogens is 452 g/mol. The van der Waals surface area contributed by atoms with Gasteiger partial charge >= 0.3 is 0 Å². The van der Waals surface area contributed by atoms with Crippen molar-refractivity contribution in [3.63, 3.8) is 0 Å². The Morgan fingerprint density at radius 2 is 1.67 bits per heavy atom. The van der Waals surface area contributed by atoms with Gasteiger partial charge in [-0.15, -0.1) is 0 Å². The molecule has 1 N–H and O–H groups in total. The minimum absolute atomic E-state index is 0.185. The van der Waals surface area contributed by atoms with Gasteiger partial charge in [-0.05, 0) is 69.5 Å². The average Bonchev–Trinajstić information content (AvgIpc) is 2.78. The number of carbonyl (C=O) groups is 1. The number of carbonyl (C=O) groups excluding carboxylic acids is 1. The van der Waals surface area contributed by atoms with Gasteiger partial charge < -0.3 is 5.32 Å². The molecule has 2 aromatic rings. The summed E-state index contributed by atoms with van der Waals surface area (Å²) in [4.78, 5) is 13.0. The summed E-state index contributed by atoms with van der Waals surface area (Å²) in [7, 11) is -3.88. The summed E-state index contributed by atoms with van der Waals surface area (Å²) in [5.74, 6) is 0.737. The number of amides is 1. The van der Waals surface area contributed by atoms with Crippen molar-refractivity contribution >= 4 is 33.4 Å². The van der Waals surface area contributed by atoms with Crippen LogP contribution in [0, 0.1) is 20.8 Å². The molecule has 2 aromatic carbocycles. The molecule has 1 aliphatic carbocycles. The maximum absolute atomic E-state index is 13.5. The Labute approximate surface area is 203 Å². The number of hydrogen-bond acceptors (Lipinski definition) is 4. The molecular formula is C26H36N2O3S2. The third kappa shape index (κ3) is 7.24. The van der Waals surface area contributed by atoms with E-state index in [-0.39, 0.29) is 17.3 Å². The first-order valence-electron chi connectivity index (χ1n) is 11.8. The minimum atomic E-state index is -3.88. The molecule has 0 aliphatic heterocycles. The highest BCUT2D eigenvalue weighted by molar-refractivity contribution is 7.99. The number of nitrogens with zero attached hydrogens (tertiary/aromatic N) is 1. The van der Waals surface area contributed by atoms with E-state index in [9.17, 15) is 13.2 Å². The largest absolute Gasteiger partial charge is 0.354 e. The topological polar surface area (TPSA) is 66.5 Å². The van der Waals surface area contributed by atoms with Crippen LogP contribution in [0.4, 0.5) is 5.69 Å². The van der Waals surface area contributed by atoms with Crippen LogP contribution in [0.2, 0.25) is 0 Å². The average molecular weight is 489 g/mol. The standard InChI is InChI=1S/C26H36N2O3S2/c1-20-10-13-24(14-11-20)33(30,31)28(25-15-12-21(2)18-22(25)3)19-26(29)27-16-7-17-32-23-8-5-4-6-9-23/h10-15,18,23H,4-9,16-17,19H2,1-3H3,(H,27,29). The van der Waals surface area contributed by atoms with Crippen LogP contribution in [0.5, 0.6) is 0 Å². The van der Waals surface area contributed by atoms with Crippen LogP contribution in [0.3, 0.4) is 0 Å². The van der Waals surface area contributed by atoms with Gasteiger partial charge in [0.2, 0.25) is 5.91 Å². The van der Waals surface area contributed by atoms with Crippen LogP contribution >= 0.6 is 11.8 Å². The second-order valence-electron chi connectivity index (χ2n) is 8.95. The smallest absolute Gasteiger partial charge is 0.264 e. The van der Waals surface area contributed by atoms with Crippen molar-refractivity contribution in [2.45, 2.75) is 69.4 Å². The quantitative estimate of drug-likeness (QED) is 0.456. The molecule has 0 aromatic heterocycles. The van der Waals surface area contributed by atoms with E-state index in [0.717, 1.165) is 34.1 Å². The van der Waals surface area contributed by atoms with Crippen LogP contribution < -0.4 is 9.62 Å². The fraction of sp³-hybridized carbons (Fsp3) is 0.500. The van der Waals surface area contributed by atoms with E-state index in [0.29, 0.717) is 12.2 Å². The second-order valence-corrected chi connectivity index (χ2v) is 12.2. The summed E-state index contributed by atoms with van der Waals surface area (Å²) in [6.45, 7) is 6.08. The van der Waals surface area contributed by atoms with Gasteiger partial charge in [0.25, 0.3) is 10.0 Å². The first kappa shape index (κ1) is 25.6. The van der Waals surface area contributed by atoms with Crippen molar-refractivity contribution in [2.75, 3.05) is 23.1 Å². The van der Waals surface area contributed by atoms with Crippen LogP contribution in [-0.4, -0.2) is 38.4 Å². The summed E-state index contributed by atoms with van der Waals surface area (Å²) >= 11 is 2.01. The van der Waals surface area contributed by atoms with E-state index in [1.54, 1.807) is 30.3 Å². The third-order valence-corrected chi connectivity index (χ3v) is 9.31. The minimum Gasteiger partial charge on any atom is -0.354 e. The highest BCUT2D eigenvalue weighted by Crippen LogP contribution is 2.29. The second kappa shape index (κ2) is 11.9. The molecule has 3 rings (SSSR count). The van der Waals surface area contributed by atoms with Crippen molar-refractivity contribution in [1.82, 2.24) is 5.32 Å². The SMILES string of the molecule is Cc1ccc(S(=O)(=O)N(CC(=O)NCCCSC2CCCCC2)c2ccc(C)cc2C)cc1. The van der Waals surface area contributed by atoms with Gasteiger partial charge in [-0.3, -0.25) is 9.10 Å². The lowest BCUT2D eigenvalue weighted by Crippen LogP contribution is -2.41. The van der Waals surface area contributed by atoms with E-state index >= 15 is 0 Å². The summed E-state index contributed by atoms with van der Waals surface area (Å²) in [5, 5.41) is 3.68. The molecule has 0 atom stereocenters. The van der Waals surface area contributed by atoms with E-state index < -0.39 is 10.0 Å². The highest BCUT2D eigenvalue weighted by Gasteiger charge is 2.28. The molecule has 0 radical (unpaired) electrons. The number of rotatable bonds is 10. The molecule has 0 spiro atoms. The summed E-state index contributed by atoms with van der Waals surface area (Å²) in [6.07, 6.45) is 7.52. The predicted molar refractivity (Wildman–Crippen MR) is 139 cm³/mol. The Kier molecular flexibility index (Phi) is 9.27. The van der Waals surface area contributed by atoms with Crippen LogP contribution in [-0.2, 0) is 14.8 Å². The lowest BCUT2D eigenvalue weighted by Gasteiger charge is -2.26. The van der Waals surface area contributed by atoms with Gasteiger partial charge in [-0.2, -0.15) is 11.8 Å². The third-order valence-electron chi connectivity index (χ3n) is 6.07. The molecule has 0 saturated heterocycles. The number of hydrogen-bond donors (Lipinski definition) is 1. The lowest BCUT2D eigenvalue weighted by atomic mass is 10.0. The molecule has 7 heteroatoms. The Balaban J connectivity index is 1.66. The molecule has 1 fully saturated rings. The van der Waals surface area contributed by atoms with E-state index in [1.165, 1.54) is 36.4 Å². The highest BCUT2D eigenvalue weighted by atomic mass is 32.2. The zero-order valence-corrected chi connectivity index (χ0v) is 21.6. The van der Waals surface area contributed by atoms with Crippen LogP contribution in [0.15, 0.2) is 47.4 Å². The molecule has 5 nitrogen and oxygen atoms in total. The monoisotopic (exact) mass is 488 g/mol. The number of thioether (sulfide) groups is 1. The molecule has 1 aliphatic rings. The first-order chi connectivity index (χ1) is 15.8. The van der Waals surface area contributed by atoms with Crippen molar-refractivity contribution in [3.8, 4) is 0 Å². The van der Waals surface area contributed by atoms with Gasteiger partial charge in [-0.1, -0.05) is 54.7 Å². The zero-order chi connectivity index (χ0) is 23.8. The molecule has 180 valence electrons. The Morgan fingerprint density at radius 1 is 1.00 bits per heavy atom. The van der Waals surface area contributed by atoms with Crippen molar-refractivity contribution in [2.24, 2.45) is 0 Å². The molecule has 0 bridgehead atoms. The first-order valence-corrected chi connectivity index (χ1v) is 14.3. The van der Waals surface area contributed by atoms with Gasteiger partial charge in [0, 0.05) is 11.8 Å². The molecule has 0 unspecified atom stereocenters. The molecule has 0 heterocycles. The van der Waals surface area contributed by atoms with Crippen LogP contribution in [0.1, 0.15) is 55.2 Å². The zero-order valence-electron chi connectivity index (χ0n) is 20.0. The number of aryl methyl sites for hydroxylation is 3. The van der Waals surface area contributed by atoms with Crippen molar-refractivity contribution in [1.29, 1.82) is 0 Å². The fourth-order valence-corrected chi connectivity index (χ4v) is 6.99. The van der Waals surface area contributed by atoms with E-state index in [4.69, 9.17) is 0 Å². The Morgan fingerprint density at radius 3 is 2.33 bits per heavy atom. The number of nitrogens with one attached hydrogen (secondary N) is 1. The van der Waals surface area contributed by atoms with E-state index in [1.807, 2.05) is 44.7 Å². The van der Waals surface area contributed by atoms with Crippen molar-refractivity contribution in [3.05, 3.63) is 59.2 Å². The van der Waals surface area contributed by atoms with Crippen LogP contribution in [0.25, 0.3) is 0 Å². The molecule has 1 amide bonds. The Hall–Kier alpha value is -1.99. The van der Waals surface area contributed by atoms with Crippen molar-refractivity contribution < 1.29 is 13.2 Å². The summed E-state index contributed by atoms with van der Waals surface area (Å²) in [5.41, 5.74) is 3.38. The summed E-state index contributed by atoms with van der Waals surface area (Å²) < 4.78 is 28.3. The number of anilines is 1. The van der Waals surface area contributed by atoms with Gasteiger partial charge in [0.1, 0.15) is 6.54 Å². The number of sulfonamides is 1. The maximum Gasteiger partial charge on any atom is 0.264 e.